The molecule has 25 heavy (non-hydrogen) atoms. The van der Waals surface area contributed by atoms with Gasteiger partial charge in [0.2, 0.25) is 0 Å². The molecule has 130 valence electrons. The Hall–Kier alpha value is -2.60. The van der Waals surface area contributed by atoms with Crippen LogP contribution >= 0.6 is 11.3 Å². The van der Waals surface area contributed by atoms with Gasteiger partial charge in [0.25, 0.3) is 5.91 Å². The second kappa shape index (κ2) is 7.98. The van der Waals surface area contributed by atoms with Gasteiger partial charge in [-0.3, -0.25) is 14.4 Å². The van der Waals surface area contributed by atoms with Crippen LogP contribution in [-0.2, 0) is 17.9 Å². The first-order chi connectivity index (χ1) is 12.2. The Morgan fingerprint density at radius 2 is 2.04 bits per heavy atom. The molecule has 6 heteroatoms. The first-order valence-electron chi connectivity index (χ1n) is 8.21. The van der Waals surface area contributed by atoms with Gasteiger partial charge in [-0.25, -0.2) is 0 Å². The minimum atomic E-state index is -0.115. The molecular weight excluding hydrogens is 334 g/mol. The number of carbonyl (C=O) groups excluding carboxylic acids is 1. The fourth-order valence-electron chi connectivity index (χ4n) is 2.38. The van der Waals surface area contributed by atoms with Crippen LogP contribution in [-0.4, -0.2) is 22.3 Å². The zero-order valence-corrected chi connectivity index (χ0v) is 15.2. The second-order valence-electron chi connectivity index (χ2n) is 5.69. The Labute approximate surface area is 151 Å². The number of hydrogen-bond acceptors (Lipinski definition) is 4. The van der Waals surface area contributed by atoms with E-state index in [0.717, 1.165) is 17.0 Å². The summed E-state index contributed by atoms with van der Waals surface area (Å²) in [5.41, 5.74) is 1.16. The van der Waals surface area contributed by atoms with Crippen LogP contribution in [0.5, 0.6) is 5.75 Å². The summed E-state index contributed by atoms with van der Waals surface area (Å²) >= 11 is 1.62. The average molecular weight is 355 g/mol. The van der Waals surface area contributed by atoms with E-state index in [1.807, 2.05) is 72.6 Å². The zero-order chi connectivity index (χ0) is 17.6. The summed E-state index contributed by atoms with van der Waals surface area (Å²) in [6.45, 7) is 5.27. The minimum Gasteiger partial charge on any atom is -0.484 e. The van der Waals surface area contributed by atoms with E-state index in [9.17, 15) is 4.79 Å². The van der Waals surface area contributed by atoms with Crippen molar-refractivity contribution in [1.29, 1.82) is 0 Å². The number of hydrogen-bond donors (Lipinski definition) is 0. The number of rotatable bonds is 7. The topological polar surface area (TPSA) is 47.4 Å². The Kier molecular flexibility index (Phi) is 5.50. The van der Waals surface area contributed by atoms with Crippen molar-refractivity contribution in [2.75, 3.05) is 11.5 Å². The molecule has 1 amide bonds. The van der Waals surface area contributed by atoms with E-state index in [4.69, 9.17) is 4.74 Å². The SMILES string of the molecule is CCn1ccc(N(Cc2cccs2)C(=O)COc2ccc(C)cc2)n1. The highest BCUT2D eigenvalue weighted by molar-refractivity contribution is 7.09. The van der Waals surface area contributed by atoms with Crippen molar-refractivity contribution in [3.63, 3.8) is 0 Å². The molecule has 0 unspecified atom stereocenters. The fourth-order valence-corrected chi connectivity index (χ4v) is 3.08. The van der Waals surface area contributed by atoms with Crippen LogP contribution in [0.2, 0.25) is 0 Å². The lowest BCUT2D eigenvalue weighted by Gasteiger charge is -2.20. The number of amides is 1. The molecule has 0 bridgehead atoms. The highest BCUT2D eigenvalue weighted by atomic mass is 32.1. The molecule has 0 saturated heterocycles. The van der Waals surface area contributed by atoms with Crippen LogP contribution < -0.4 is 9.64 Å². The highest BCUT2D eigenvalue weighted by Crippen LogP contribution is 2.19. The van der Waals surface area contributed by atoms with Crippen LogP contribution in [0.15, 0.2) is 54.0 Å². The van der Waals surface area contributed by atoms with Gasteiger partial charge in [-0.05, 0) is 37.4 Å². The van der Waals surface area contributed by atoms with Crippen molar-refractivity contribution >= 4 is 23.1 Å². The zero-order valence-electron chi connectivity index (χ0n) is 14.4. The number of aromatic nitrogens is 2. The molecule has 1 aromatic carbocycles. The summed E-state index contributed by atoms with van der Waals surface area (Å²) in [5, 5.41) is 6.47. The third kappa shape index (κ3) is 4.48. The number of nitrogens with zero attached hydrogens (tertiary/aromatic N) is 3. The number of aryl methyl sites for hydroxylation is 2. The Morgan fingerprint density at radius 3 is 2.68 bits per heavy atom. The highest BCUT2D eigenvalue weighted by Gasteiger charge is 2.19. The maximum atomic E-state index is 12.8. The summed E-state index contributed by atoms with van der Waals surface area (Å²) < 4.78 is 7.47. The van der Waals surface area contributed by atoms with Gasteiger partial charge in [-0.1, -0.05) is 23.8 Å². The molecule has 0 spiro atoms. The van der Waals surface area contributed by atoms with Gasteiger partial charge in [0, 0.05) is 23.7 Å². The largest absolute Gasteiger partial charge is 0.484 e. The lowest BCUT2D eigenvalue weighted by Crippen LogP contribution is -2.34. The normalized spacial score (nSPS) is 10.6. The molecule has 0 aliphatic rings. The molecule has 5 nitrogen and oxygen atoms in total. The summed E-state index contributed by atoms with van der Waals surface area (Å²) in [7, 11) is 0. The first-order valence-corrected chi connectivity index (χ1v) is 9.09. The number of anilines is 1. The molecule has 0 atom stereocenters. The lowest BCUT2D eigenvalue weighted by molar-refractivity contribution is -0.120. The molecule has 0 aliphatic carbocycles. The van der Waals surface area contributed by atoms with Crippen molar-refractivity contribution in [3.05, 3.63) is 64.5 Å². The van der Waals surface area contributed by atoms with Crippen LogP contribution in [0.3, 0.4) is 0 Å². The van der Waals surface area contributed by atoms with Crippen molar-refractivity contribution in [2.45, 2.75) is 26.9 Å². The molecule has 0 aliphatic heterocycles. The molecule has 0 fully saturated rings. The van der Waals surface area contributed by atoms with E-state index in [-0.39, 0.29) is 12.5 Å². The smallest absolute Gasteiger partial charge is 0.266 e. The van der Waals surface area contributed by atoms with Crippen molar-refractivity contribution < 1.29 is 9.53 Å². The minimum absolute atomic E-state index is 0.0204. The first kappa shape index (κ1) is 17.2. The summed E-state index contributed by atoms with van der Waals surface area (Å²) in [5.74, 6) is 1.22. The van der Waals surface area contributed by atoms with Gasteiger partial charge in [0.05, 0.1) is 6.54 Å². The number of benzene rings is 1. The van der Waals surface area contributed by atoms with E-state index >= 15 is 0 Å². The van der Waals surface area contributed by atoms with E-state index in [0.29, 0.717) is 18.1 Å². The molecule has 3 aromatic rings. The number of thiophene rings is 1. The van der Waals surface area contributed by atoms with E-state index in [1.165, 1.54) is 0 Å². The molecule has 0 radical (unpaired) electrons. The number of ether oxygens (including phenoxy) is 1. The molecule has 0 saturated carbocycles. The average Bonchev–Trinajstić information content (AvgIpc) is 3.30. The molecule has 2 heterocycles. The van der Waals surface area contributed by atoms with Crippen molar-refractivity contribution in [3.8, 4) is 5.75 Å². The Morgan fingerprint density at radius 1 is 1.24 bits per heavy atom. The van der Waals surface area contributed by atoms with Crippen LogP contribution in [0.1, 0.15) is 17.4 Å². The standard InChI is InChI=1S/C19H21N3O2S/c1-3-21-11-10-18(20-21)22(13-17-5-4-12-25-17)19(23)14-24-16-8-6-15(2)7-9-16/h4-12H,3,13-14H2,1-2H3. The van der Waals surface area contributed by atoms with E-state index in [1.54, 1.807) is 16.2 Å². The molecule has 3 rings (SSSR count). The second-order valence-corrected chi connectivity index (χ2v) is 6.72. The predicted molar refractivity (Wildman–Crippen MR) is 100 cm³/mol. The predicted octanol–water partition coefficient (Wildman–Crippen LogP) is 3.89. The van der Waals surface area contributed by atoms with Crippen molar-refractivity contribution in [2.24, 2.45) is 0 Å². The van der Waals surface area contributed by atoms with Gasteiger partial charge in [-0.2, -0.15) is 5.10 Å². The Balaban J connectivity index is 1.73. The van der Waals surface area contributed by atoms with Gasteiger partial charge in [0.15, 0.2) is 12.4 Å². The molecule has 2 aromatic heterocycles. The van der Waals surface area contributed by atoms with Crippen LogP contribution in [0, 0.1) is 6.92 Å². The fraction of sp³-hybridized carbons (Fsp3) is 0.263. The summed E-state index contributed by atoms with van der Waals surface area (Å²) in [6, 6.07) is 13.5. The van der Waals surface area contributed by atoms with Gasteiger partial charge in [0.1, 0.15) is 5.75 Å². The van der Waals surface area contributed by atoms with Gasteiger partial charge < -0.3 is 4.74 Å². The molecular formula is C19H21N3O2S. The third-order valence-electron chi connectivity index (χ3n) is 3.81. The van der Waals surface area contributed by atoms with Crippen molar-refractivity contribution in [1.82, 2.24) is 9.78 Å². The maximum absolute atomic E-state index is 12.8. The van der Waals surface area contributed by atoms with Crippen LogP contribution in [0.25, 0.3) is 0 Å². The lowest BCUT2D eigenvalue weighted by atomic mass is 10.2. The summed E-state index contributed by atoms with van der Waals surface area (Å²) in [6.07, 6.45) is 1.88. The quantitative estimate of drug-likeness (QED) is 0.646. The third-order valence-corrected chi connectivity index (χ3v) is 4.67. The van der Waals surface area contributed by atoms with E-state index in [2.05, 4.69) is 5.10 Å². The van der Waals surface area contributed by atoms with Gasteiger partial charge in [-0.15, -0.1) is 11.3 Å². The summed E-state index contributed by atoms with van der Waals surface area (Å²) in [4.78, 5) is 15.5. The van der Waals surface area contributed by atoms with Gasteiger partial charge >= 0.3 is 0 Å². The Bertz CT molecular complexity index is 810. The monoisotopic (exact) mass is 355 g/mol. The maximum Gasteiger partial charge on any atom is 0.266 e. The number of carbonyl (C=O) groups is 1. The van der Waals surface area contributed by atoms with Crippen LogP contribution in [0.4, 0.5) is 5.82 Å². The molecule has 0 N–H and O–H groups in total. The van der Waals surface area contributed by atoms with E-state index < -0.39 is 0 Å².